The minimum atomic E-state index is -3.09. The van der Waals surface area contributed by atoms with E-state index in [4.69, 9.17) is 4.74 Å². The van der Waals surface area contributed by atoms with Gasteiger partial charge in [0.2, 0.25) is 5.91 Å². The van der Waals surface area contributed by atoms with Crippen LogP contribution in [0.5, 0.6) is 11.5 Å². The minimum Gasteiger partial charge on any atom is -0.497 e. The van der Waals surface area contributed by atoms with E-state index in [0.717, 1.165) is 47.4 Å². The number of alkyl halides is 2. The third-order valence-electron chi connectivity index (χ3n) is 7.02. The van der Waals surface area contributed by atoms with Crippen molar-refractivity contribution in [3.8, 4) is 11.5 Å². The third kappa shape index (κ3) is 5.56. The van der Waals surface area contributed by atoms with Gasteiger partial charge >= 0.3 is 6.61 Å². The van der Waals surface area contributed by atoms with Crippen LogP contribution in [0.4, 0.5) is 33.6 Å². The summed E-state index contributed by atoms with van der Waals surface area (Å²) in [5.74, 6) is -7.18. The molecule has 1 N–H and O–H groups in total. The Balaban J connectivity index is 1.51. The number of nitrogens with zero attached hydrogens (tertiary/aromatic N) is 3. The van der Waals surface area contributed by atoms with Crippen molar-refractivity contribution in [1.82, 2.24) is 10.3 Å². The van der Waals surface area contributed by atoms with E-state index in [1.165, 1.54) is 18.1 Å². The van der Waals surface area contributed by atoms with Gasteiger partial charge in [0.25, 0.3) is 11.8 Å². The predicted octanol–water partition coefficient (Wildman–Crippen LogP) is 4.16. The molecule has 0 unspecified atom stereocenters. The average Bonchev–Trinajstić information content (AvgIpc) is 3.51. The number of aromatic nitrogens is 1. The predicted molar refractivity (Wildman–Crippen MR) is 138 cm³/mol. The Kier molecular flexibility index (Phi) is 7.96. The van der Waals surface area contributed by atoms with Crippen molar-refractivity contribution in [2.75, 3.05) is 30.0 Å². The van der Waals surface area contributed by atoms with Gasteiger partial charge in [-0.1, -0.05) is 0 Å². The Hall–Kier alpha value is -4.75. The number of carbonyl (C=O) groups excluding carboxylic acids is 3. The summed E-state index contributed by atoms with van der Waals surface area (Å²) in [5.41, 5.74) is -0.625. The quantitative estimate of drug-likeness (QED) is 0.396. The van der Waals surface area contributed by atoms with E-state index in [0.29, 0.717) is 13.0 Å². The number of rotatable bonds is 8. The molecule has 2 aliphatic rings. The lowest BCUT2D eigenvalue weighted by Gasteiger charge is -2.20. The Morgan fingerprint density at radius 2 is 1.67 bits per heavy atom. The molecule has 1 aromatic heterocycles. The van der Waals surface area contributed by atoms with E-state index in [2.05, 4.69) is 15.0 Å². The van der Waals surface area contributed by atoms with Crippen LogP contribution < -0.4 is 24.6 Å². The van der Waals surface area contributed by atoms with Crippen LogP contribution in [0.2, 0.25) is 0 Å². The van der Waals surface area contributed by atoms with Crippen molar-refractivity contribution in [3.05, 3.63) is 77.1 Å². The Bertz CT molecular complexity index is 1510. The molecule has 0 spiro atoms. The maximum absolute atomic E-state index is 15.2. The molecule has 9 nitrogen and oxygen atoms in total. The third-order valence-corrected chi connectivity index (χ3v) is 7.02. The highest BCUT2D eigenvalue weighted by Gasteiger charge is 2.46. The van der Waals surface area contributed by atoms with Crippen molar-refractivity contribution in [2.45, 2.75) is 31.4 Å². The molecule has 5 rings (SSSR count). The second-order valence-electron chi connectivity index (χ2n) is 9.54. The van der Waals surface area contributed by atoms with Crippen molar-refractivity contribution in [1.29, 1.82) is 0 Å². The molecule has 0 radical (unpaired) electrons. The number of carbonyl (C=O) groups is 3. The first-order valence-corrected chi connectivity index (χ1v) is 12.7. The highest BCUT2D eigenvalue weighted by atomic mass is 19.3. The van der Waals surface area contributed by atoms with Crippen LogP contribution >= 0.6 is 0 Å². The number of amides is 3. The van der Waals surface area contributed by atoms with E-state index in [-0.39, 0.29) is 35.2 Å². The zero-order valence-corrected chi connectivity index (χ0v) is 22.0. The SMILES string of the molecule is COc1cc(F)c([C@@H]2CN(c3nc(N4CCCC4=O)ccc3F)C(=O)[C@H]2NC(=O)c2ccc(OC(F)F)cc2)c(F)c1. The summed E-state index contributed by atoms with van der Waals surface area (Å²) in [4.78, 5) is 45.4. The van der Waals surface area contributed by atoms with Crippen LogP contribution in [-0.4, -0.2) is 55.6 Å². The molecule has 0 bridgehead atoms. The lowest BCUT2D eigenvalue weighted by Crippen LogP contribution is -2.44. The number of halogens is 5. The summed E-state index contributed by atoms with van der Waals surface area (Å²) in [5, 5.41) is 2.43. The fourth-order valence-electron chi connectivity index (χ4n) is 5.04. The Morgan fingerprint density at radius 3 is 2.26 bits per heavy atom. The van der Waals surface area contributed by atoms with Crippen LogP contribution in [0.1, 0.15) is 34.7 Å². The molecule has 2 atom stereocenters. The summed E-state index contributed by atoms with van der Waals surface area (Å²) in [6, 6.07) is 7.05. The molecule has 3 amide bonds. The smallest absolute Gasteiger partial charge is 0.387 e. The first-order valence-electron chi connectivity index (χ1n) is 12.7. The van der Waals surface area contributed by atoms with Crippen LogP contribution in [0.25, 0.3) is 0 Å². The van der Waals surface area contributed by atoms with Crippen LogP contribution in [0.15, 0.2) is 48.5 Å². The van der Waals surface area contributed by atoms with Gasteiger partial charge in [0.15, 0.2) is 11.6 Å². The highest BCUT2D eigenvalue weighted by Crippen LogP contribution is 2.37. The van der Waals surface area contributed by atoms with Crippen molar-refractivity contribution >= 4 is 29.4 Å². The van der Waals surface area contributed by atoms with Gasteiger partial charge < -0.3 is 14.8 Å². The summed E-state index contributed by atoms with van der Waals surface area (Å²) in [7, 11) is 1.21. The summed E-state index contributed by atoms with van der Waals surface area (Å²) in [6.45, 7) is -3.22. The summed E-state index contributed by atoms with van der Waals surface area (Å²) >= 11 is 0. The maximum Gasteiger partial charge on any atom is 0.387 e. The van der Waals surface area contributed by atoms with Crippen LogP contribution in [0.3, 0.4) is 0 Å². The maximum atomic E-state index is 15.2. The first kappa shape index (κ1) is 28.8. The van der Waals surface area contributed by atoms with E-state index < -0.39 is 65.8 Å². The van der Waals surface area contributed by atoms with Gasteiger partial charge in [0.05, 0.1) is 7.11 Å². The monoisotopic (exact) mass is 590 g/mol. The van der Waals surface area contributed by atoms with Crippen LogP contribution in [-0.2, 0) is 9.59 Å². The molecule has 2 aromatic carbocycles. The second-order valence-corrected chi connectivity index (χ2v) is 9.54. The van der Waals surface area contributed by atoms with Gasteiger partial charge in [-0.15, -0.1) is 0 Å². The van der Waals surface area contributed by atoms with Crippen molar-refractivity contribution in [3.63, 3.8) is 0 Å². The highest BCUT2D eigenvalue weighted by molar-refractivity contribution is 6.05. The molecule has 2 saturated heterocycles. The van der Waals surface area contributed by atoms with E-state index in [9.17, 15) is 23.2 Å². The number of hydrogen-bond donors (Lipinski definition) is 1. The van der Waals surface area contributed by atoms with E-state index in [1.807, 2.05) is 0 Å². The van der Waals surface area contributed by atoms with Crippen LogP contribution in [0, 0.1) is 17.5 Å². The molecule has 42 heavy (non-hydrogen) atoms. The number of anilines is 2. The summed E-state index contributed by atoms with van der Waals surface area (Å²) in [6.07, 6.45) is 0.843. The van der Waals surface area contributed by atoms with Gasteiger partial charge in [-0.2, -0.15) is 8.78 Å². The fraction of sp³-hybridized carbons (Fsp3) is 0.286. The lowest BCUT2D eigenvalue weighted by molar-refractivity contribution is -0.119. The molecule has 220 valence electrons. The second kappa shape index (κ2) is 11.6. The largest absolute Gasteiger partial charge is 0.497 e. The van der Waals surface area contributed by atoms with E-state index in [1.54, 1.807) is 0 Å². The number of benzene rings is 2. The topological polar surface area (TPSA) is 101 Å². The molecule has 14 heteroatoms. The number of pyridine rings is 1. The molecular weight excluding hydrogens is 567 g/mol. The number of methoxy groups -OCH3 is 1. The zero-order chi connectivity index (χ0) is 30.1. The van der Waals surface area contributed by atoms with Crippen molar-refractivity contribution < 1.29 is 45.8 Å². The van der Waals surface area contributed by atoms with Gasteiger partial charge in [0, 0.05) is 48.7 Å². The fourth-order valence-corrected chi connectivity index (χ4v) is 5.04. The molecule has 2 fully saturated rings. The Morgan fingerprint density at radius 1 is 0.976 bits per heavy atom. The Labute approximate surface area is 235 Å². The minimum absolute atomic E-state index is 0.0730. The van der Waals surface area contributed by atoms with Gasteiger partial charge in [-0.05, 0) is 42.8 Å². The summed E-state index contributed by atoms with van der Waals surface area (Å²) < 4.78 is 79.6. The van der Waals surface area contributed by atoms with Gasteiger partial charge in [-0.25, -0.2) is 18.2 Å². The molecule has 0 aliphatic carbocycles. The van der Waals surface area contributed by atoms with Gasteiger partial charge in [-0.3, -0.25) is 24.2 Å². The molecule has 2 aliphatic heterocycles. The normalized spacial score (nSPS) is 18.6. The number of hydrogen-bond acceptors (Lipinski definition) is 6. The first-order chi connectivity index (χ1) is 20.1. The lowest BCUT2D eigenvalue weighted by atomic mass is 9.92. The van der Waals surface area contributed by atoms with E-state index >= 15 is 13.2 Å². The van der Waals surface area contributed by atoms with Crippen molar-refractivity contribution in [2.24, 2.45) is 0 Å². The van der Waals surface area contributed by atoms with Gasteiger partial charge in [0.1, 0.15) is 35.0 Å². The number of ether oxygens (including phenoxy) is 2. The zero-order valence-electron chi connectivity index (χ0n) is 22.0. The molecule has 0 saturated carbocycles. The molecular formula is C28H23F5N4O5. The average molecular weight is 591 g/mol. The molecule has 3 heterocycles. The standard InChI is InChI=1S/C28H23F5N4O5/c1-41-16-11-19(30)23(20(31)12-16)17-13-37(25-18(29)8-9-21(34-25)36-10-2-3-22(36)38)27(40)24(17)35-26(39)14-4-6-15(7-5-14)42-28(32)33/h4-9,11-12,17,24,28H,2-3,10,13H2,1H3,(H,35,39)/t17-,24-/m0/s1. The number of nitrogens with one attached hydrogen (secondary N) is 1. The molecule has 3 aromatic rings.